The zero-order chi connectivity index (χ0) is 18.9. The van der Waals surface area contributed by atoms with Crippen LogP contribution in [0.25, 0.3) is 0 Å². The molecule has 3 rings (SSSR count). The summed E-state index contributed by atoms with van der Waals surface area (Å²) in [5.41, 5.74) is 3.80. The van der Waals surface area contributed by atoms with Gasteiger partial charge in [0.15, 0.2) is 5.96 Å². The number of aromatic nitrogens is 1. The van der Waals surface area contributed by atoms with E-state index in [4.69, 9.17) is 0 Å². The van der Waals surface area contributed by atoms with Gasteiger partial charge in [-0.3, -0.25) is 9.89 Å². The van der Waals surface area contributed by atoms with E-state index < -0.39 is 0 Å². The van der Waals surface area contributed by atoms with Crippen LogP contribution >= 0.6 is 11.3 Å². The Hall–Kier alpha value is -1.92. The fourth-order valence-corrected chi connectivity index (χ4v) is 4.15. The zero-order valence-electron chi connectivity index (χ0n) is 16.5. The van der Waals surface area contributed by atoms with Crippen molar-refractivity contribution in [3.05, 3.63) is 51.5 Å². The molecule has 0 bridgehead atoms. The molecule has 2 aromatic rings. The molecular formula is C21H31N5S. The summed E-state index contributed by atoms with van der Waals surface area (Å²) >= 11 is 1.74. The van der Waals surface area contributed by atoms with E-state index in [2.05, 4.69) is 55.2 Å². The molecule has 1 aliphatic heterocycles. The van der Waals surface area contributed by atoms with Gasteiger partial charge in [0.2, 0.25) is 0 Å². The first-order valence-corrected chi connectivity index (χ1v) is 10.8. The largest absolute Gasteiger partial charge is 0.356 e. The average molecular weight is 386 g/mol. The molecule has 5 nitrogen and oxygen atoms in total. The van der Waals surface area contributed by atoms with Crippen LogP contribution in [0, 0.1) is 6.92 Å². The molecule has 0 amide bonds. The maximum absolute atomic E-state index is 4.50. The van der Waals surface area contributed by atoms with Crippen LogP contribution in [0.3, 0.4) is 0 Å². The summed E-state index contributed by atoms with van der Waals surface area (Å²) < 4.78 is 0. The molecular weight excluding hydrogens is 354 g/mol. The average Bonchev–Trinajstić information content (AvgIpc) is 3.34. The first-order valence-electron chi connectivity index (χ1n) is 9.88. The third-order valence-corrected chi connectivity index (χ3v) is 5.86. The molecule has 1 aromatic heterocycles. The number of nitrogens with zero attached hydrogens (tertiary/aromatic N) is 3. The Morgan fingerprint density at radius 1 is 1.15 bits per heavy atom. The van der Waals surface area contributed by atoms with Crippen LogP contribution in [0.1, 0.15) is 41.1 Å². The predicted molar refractivity (Wildman–Crippen MR) is 114 cm³/mol. The van der Waals surface area contributed by atoms with E-state index in [1.807, 2.05) is 14.0 Å². The number of rotatable bonds is 8. The van der Waals surface area contributed by atoms with Crippen LogP contribution in [0.4, 0.5) is 0 Å². The number of nitrogens with one attached hydrogen (secondary N) is 2. The van der Waals surface area contributed by atoms with E-state index in [0.717, 1.165) is 44.1 Å². The molecule has 146 valence electrons. The molecule has 1 fully saturated rings. The number of aliphatic imine (C=N–C) groups is 1. The maximum atomic E-state index is 4.50. The molecule has 2 heterocycles. The van der Waals surface area contributed by atoms with E-state index in [-0.39, 0.29) is 0 Å². The van der Waals surface area contributed by atoms with Gasteiger partial charge >= 0.3 is 0 Å². The van der Waals surface area contributed by atoms with Crippen LogP contribution in [0.2, 0.25) is 0 Å². The fourth-order valence-electron chi connectivity index (χ4n) is 3.33. The van der Waals surface area contributed by atoms with Crippen molar-refractivity contribution < 1.29 is 0 Å². The van der Waals surface area contributed by atoms with Crippen molar-refractivity contribution in [2.75, 3.05) is 26.7 Å². The molecule has 0 radical (unpaired) electrons. The third kappa shape index (κ3) is 6.63. The van der Waals surface area contributed by atoms with Crippen LogP contribution < -0.4 is 10.6 Å². The van der Waals surface area contributed by atoms with E-state index in [9.17, 15) is 0 Å². The van der Waals surface area contributed by atoms with Crippen molar-refractivity contribution in [1.29, 1.82) is 0 Å². The molecule has 1 aromatic carbocycles. The van der Waals surface area contributed by atoms with Gasteiger partial charge in [-0.15, -0.1) is 11.3 Å². The highest BCUT2D eigenvalue weighted by Gasteiger charge is 2.11. The quantitative estimate of drug-likeness (QED) is 0.416. The smallest absolute Gasteiger partial charge is 0.191 e. The Kier molecular flexibility index (Phi) is 7.66. The van der Waals surface area contributed by atoms with Gasteiger partial charge in [-0.2, -0.15) is 0 Å². The minimum Gasteiger partial charge on any atom is -0.356 e. The standard InChI is InChI=1S/C21H31N5S/c1-17-16-27-20(25-17)6-5-11-23-21(22-2)24-14-18-7-9-19(10-8-18)15-26-12-3-4-13-26/h7-10,16H,3-6,11-15H2,1-2H3,(H2,22,23,24). The molecule has 0 atom stereocenters. The fraction of sp³-hybridized carbons (Fsp3) is 0.524. The van der Waals surface area contributed by atoms with Gasteiger partial charge < -0.3 is 10.6 Å². The highest BCUT2D eigenvalue weighted by Crippen LogP contribution is 2.13. The molecule has 1 saturated heterocycles. The van der Waals surface area contributed by atoms with Gasteiger partial charge in [0.1, 0.15) is 0 Å². The summed E-state index contributed by atoms with van der Waals surface area (Å²) in [6, 6.07) is 8.94. The van der Waals surface area contributed by atoms with Gasteiger partial charge in [-0.05, 0) is 50.4 Å². The molecule has 0 saturated carbocycles. The summed E-state index contributed by atoms with van der Waals surface area (Å²) in [7, 11) is 1.82. The monoisotopic (exact) mass is 385 g/mol. The molecule has 1 aliphatic rings. The Morgan fingerprint density at radius 2 is 1.89 bits per heavy atom. The van der Waals surface area contributed by atoms with E-state index in [0.29, 0.717) is 0 Å². The second-order valence-electron chi connectivity index (χ2n) is 7.14. The highest BCUT2D eigenvalue weighted by atomic mass is 32.1. The number of hydrogen-bond donors (Lipinski definition) is 2. The second kappa shape index (κ2) is 10.4. The summed E-state index contributed by atoms with van der Waals surface area (Å²) in [6.45, 7) is 7.29. The summed E-state index contributed by atoms with van der Waals surface area (Å²) in [5, 5.41) is 10.1. The molecule has 27 heavy (non-hydrogen) atoms. The van der Waals surface area contributed by atoms with Crippen LogP contribution in [-0.4, -0.2) is 42.5 Å². The number of benzene rings is 1. The Balaban J connectivity index is 1.35. The Bertz CT molecular complexity index is 716. The van der Waals surface area contributed by atoms with Gasteiger partial charge in [0, 0.05) is 44.2 Å². The third-order valence-electron chi connectivity index (χ3n) is 4.84. The number of hydrogen-bond acceptors (Lipinski definition) is 4. The lowest BCUT2D eigenvalue weighted by molar-refractivity contribution is 0.331. The van der Waals surface area contributed by atoms with Gasteiger partial charge in [0.05, 0.1) is 5.01 Å². The van der Waals surface area contributed by atoms with Gasteiger partial charge in [0.25, 0.3) is 0 Å². The molecule has 0 unspecified atom stereocenters. The maximum Gasteiger partial charge on any atom is 0.191 e. The molecule has 2 N–H and O–H groups in total. The number of thiazole rings is 1. The molecule has 0 aliphatic carbocycles. The lowest BCUT2D eigenvalue weighted by atomic mass is 10.1. The lowest BCUT2D eigenvalue weighted by Crippen LogP contribution is -2.37. The van der Waals surface area contributed by atoms with Gasteiger partial charge in [-0.25, -0.2) is 4.98 Å². The number of guanidine groups is 1. The SMILES string of the molecule is CN=C(NCCCc1nc(C)cs1)NCc1ccc(CN2CCCC2)cc1. The van der Waals surface area contributed by atoms with E-state index in [1.165, 1.54) is 42.1 Å². The number of likely N-dealkylation sites (tertiary alicyclic amines) is 1. The summed E-state index contributed by atoms with van der Waals surface area (Å²) in [6.07, 6.45) is 4.76. The Morgan fingerprint density at radius 3 is 2.56 bits per heavy atom. The second-order valence-corrected chi connectivity index (χ2v) is 8.08. The first kappa shape index (κ1) is 19.8. The summed E-state index contributed by atoms with van der Waals surface area (Å²) in [4.78, 5) is 11.4. The number of aryl methyl sites for hydroxylation is 2. The molecule has 6 heteroatoms. The first-order chi connectivity index (χ1) is 13.2. The van der Waals surface area contributed by atoms with Crippen molar-refractivity contribution in [2.45, 2.75) is 45.7 Å². The van der Waals surface area contributed by atoms with Crippen molar-refractivity contribution in [3.63, 3.8) is 0 Å². The lowest BCUT2D eigenvalue weighted by Gasteiger charge is -2.15. The van der Waals surface area contributed by atoms with E-state index >= 15 is 0 Å². The zero-order valence-corrected chi connectivity index (χ0v) is 17.3. The van der Waals surface area contributed by atoms with Crippen LogP contribution in [-0.2, 0) is 19.5 Å². The van der Waals surface area contributed by atoms with Crippen LogP contribution in [0.15, 0.2) is 34.6 Å². The topological polar surface area (TPSA) is 52.6 Å². The Labute approximate surface area is 166 Å². The summed E-state index contributed by atoms with van der Waals surface area (Å²) in [5.74, 6) is 0.853. The van der Waals surface area contributed by atoms with Crippen molar-refractivity contribution in [2.24, 2.45) is 4.99 Å². The minimum atomic E-state index is 0.787. The van der Waals surface area contributed by atoms with Crippen molar-refractivity contribution in [3.8, 4) is 0 Å². The normalized spacial score (nSPS) is 15.3. The minimum absolute atomic E-state index is 0.787. The van der Waals surface area contributed by atoms with Crippen molar-refractivity contribution in [1.82, 2.24) is 20.5 Å². The van der Waals surface area contributed by atoms with Crippen molar-refractivity contribution >= 4 is 17.3 Å². The predicted octanol–water partition coefficient (Wildman–Crippen LogP) is 3.35. The van der Waals surface area contributed by atoms with Gasteiger partial charge in [-0.1, -0.05) is 24.3 Å². The highest BCUT2D eigenvalue weighted by molar-refractivity contribution is 7.09. The van der Waals surface area contributed by atoms with Crippen LogP contribution in [0.5, 0.6) is 0 Å². The molecule has 0 spiro atoms. The van der Waals surface area contributed by atoms with E-state index in [1.54, 1.807) is 11.3 Å².